The number of benzene rings is 3. The lowest BCUT2D eigenvalue weighted by molar-refractivity contribution is -0.137. The number of amides is 3. The van der Waals surface area contributed by atoms with Crippen LogP contribution in [0, 0.1) is 36.5 Å². The van der Waals surface area contributed by atoms with Crippen LogP contribution in [-0.4, -0.2) is 34.6 Å². The second kappa shape index (κ2) is 11.8. The highest BCUT2D eigenvalue weighted by Crippen LogP contribution is 2.69. The number of para-hydroxylation sites is 1. The van der Waals surface area contributed by atoms with Crippen molar-refractivity contribution < 1.29 is 32.3 Å². The monoisotopic (exact) mass is 725 g/mol. The largest absolute Gasteiger partial charge is 0.483 e. The van der Waals surface area contributed by atoms with E-state index in [-0.39, 0.29) is 51.1 Å². The molecule has 2 N–H and O–H groups in total. The molecule has 3 aromatic carbocycles. The van der Waals surface area contributed by atoms with Gasteiger partial charge >= 0.3 is 11.0 Å². The smallest absolute Gasteiger partial charge is 0.418 e. The number of nitrogens with one attached hydrogen (secondary N) is 2. The number of hydrogen-bond acceptors (Lipinski definition) is 7. The van der Waals surface area contributed by atoms with Crippen LogP contribution >= 0.6 is 34.7 Å². The van der Waals surface area contributed by atoms with Crippen LogP contribution < -0.4 is 19.8 Å². The van der Waals surface area contributed by atoms with Crippen molar-refractivity contribution in [1.29, 1.82) is 0 Å². The van der Waals surface area contributed by atoms with Crippen LogP contribution in [0.1, 0.15) is 33.9 Å². The number of fused-ring (bicyclic) bond motifs is 9. The standard InChI is InChI=1S/C35H27ClF3N3O5S2/c1-15-6-9-17(10-7-15)42-32(44)27-19-13-20(28(27)33(42)45)29-26(19)25(30-31(48-29)41-34(46)49-30)18-12-16(36)8-11-23(18)47-14-24(43)40-22-5-3-2-4-21(22)35(37,38)39/h2-12,19-20,25-29H,13-14H2,1H3,(H,40,43)(H,41,46)/t19-,20-,25+,26-,27+,28+,29-/m1/s1. The van der Waals surface area contributed by atoms with E-state index in [1.165, 1.54) is 34.9 Å². The fourth-order valence-corrected chi connectivity index (χ4v) is 11.4. The third-order valence-electron chi connectivity index (χ3n) is 10.2. The van der Waals surface area contributed by atoms with Crippen molar-refractivity contribution in [3.05, 3.63) is 103 Å². The molecule has 3 amide bonds. The Labute approximate surface area is 291 Å². The van der Waals surface area contributed by atoms with Crippen LogP contribution in [0.25, 0.3) is 0 Å². The molecule has 2 saturated carbocycles. The van der Waals surface area contributed by atoms with E-state index in [4.69, 9.17) is 16.3 Å². The number of thiazole rings is 1. The molecule has 0 spiro atoms. The highest BCUT2D eigenvalue weighted by molar-refractivity contribution is 8.00. The first-order valence-electron chi connectivity index (χ1n) is 15.6. The molecule has 0 unspecified atom stereocenters. The second-order valence-electron chi connectivity index (χ2n) is 12.9. The van der Waals surface area contributed by atoms with Gasteiger partial charge in [-0.1, -0.05) is 52.8 Å². The molecule has 14 heteroatoms. The van der Waals surface area contributed by atoms with Crippen LogP contribution in [0.3, 0.4) is 0 Å². The van der Waals surface area contributed by atoms with Crippen molar-refractivity contribution in [2.75, 3.05) is 16.8 Å². The summed E-state index contributed by atoms with van der Waals surface area (Å²) in [5.41, 5.74) is 0.787. The predicted octanol–water partition coefficient (Wildman–Crippen LogP) is 7.11. The molecule has 8 nitrogen and oxygen atoms in total. The van der Waals surface area contributed by atoms with Gasteiger partial charge in [-0.25, -0.2) is 0 Å². The zero-order valence-corrected chi connectivity index (χ0v) is 28.0. The molecule has 0 radical (unpaired) electrons. The summed E-state index contributed by atoms with van der Waals surface area (Å²) in [5, 5.41) is 3.26. The first-order valence-corrected chi connectivity index (χ1v) is 17.7. The lowest BCUT2D eigenvalue weighted by atomic mass is 9.68. The summed E-state index contributed by atoms with van der Waals surface area (Å²) in [6.45, 7) is 1.34. The number of thioether (sulfide) groups is 1. The van der Waals surface area contributed by atoms with Gasteiger partial charge in [0.1, 0.15) is 5.75 Å². The van der Waals surface area contributed by atoms with Crippen LogP contribution in [-0.2, 0) is 20.6 Å². The number of nitrogens with zero attached hydrogens (tertiary/aromatic N) is 1. The average molecular weight is 726 g/mol. The van der Waals surface area contributed by atoms with E-state index in [2.05, 4.69) is 10.3 Å². The van der Waals surface area contributed by atoms with E-state index in [1.54, 1.807) is 30.3 Å². The van der Waals surface area contributed by atoms with Gasteiger partial charge in [-0.2, -0.15) is 13.2 Å². The number of carbonyl (C=O) groups is 3. The van der Waals surface area contributed by atoms with E-state index in [1.807, 2.05) is 19.1 Å². The Morgan fingerprint density at radius 1 is 1.02 bits per heavy atom. The number of hydrogen-bond donors (Lipinski definition) is 2. The minimum atomic E-state index is -4.67. The number of imide groups is 1. The van der Waals surface area contributed by atoms with E-state index in [0.29, 0.717) is 27.7 Å². The lowest BCUT2D eigenvalue weighted by Gasteiger charge is -2.43. The topological polar surface area (TPSA) is 109 Å². The van der Waals surface area contributed by atoms with Crippen molar-refractivity contribution in [3.8, 4) is 5.75 Å². The fraction of sp³-hybridized carbons (Fsp3) is 0.314. The lowest BCUT2D eigenvalue weighted by Crippen LogP contribution is -2.42. The molecule has 4 aliphatic rings. The Bertz CT molecular complexity index is 2080. The minimum Gasteiger partial charge on any atom is -0.483 e. The molecule has 2 bridgehead atoms. The average Bonchev–Trinajstić information content (AvgIpc) is 3.79. The second-order valence-corrected chi connectivity index (χ2v) is 15.5. The normalized spacial score (nSPS) is 26.8. The summed E-state index contributed by atoms with van der Waals surface area (Å²) in [7, 11) is 0. The summed E-state index contributed by atoms with van der Waals surface area (Å²) in [6.07, 6.45) is -3.99. The molecule has 4 aromatic rings. The number of ether oxygens (including phenoxy) is 1. The molecule has 3 fully saturated rings. The summed E-state index contributed by atoms with van der Waals surface area (Å²) >= 11 is 9.13. The molecule has 8 rings (SSSR count). The van der Waals surface area contributed by atoms with Crippen LogP contribution in [0.5, 0.6) is 5.75 Å². The number of rotatable bonds is 6. The quantitative estimate of drug-likeness (QED) is 0.205. The number of aryl methyl sites for hydroxylation is 1. The van der Waals surface area contributed by atoms with Crippen LogP contribution in [0.2, 0.25) is 5.02 Å². The number of halogens is 4. The van der Waals surface area contributed by atoms with Crippen LogP contribution in [0.4, 0.5) is 24.5 Å². The predicted molar refractivity (Wildman–Crippen MR) is 179 cm³/mol. The highest BCUT2D eigenvalue weighted by atomic mass is 35.5. The fourth-order valence-electron chi connectivity index (χ4n) is 8.38. The summed E-state index contributed by atoms with van der Waals surface area (Å²) in [5.74, 6) is -2.85. The van der Waals surface area contributed by atoms with Crippen molar-refractivity contribution in [2.45, 2.75) is 35.7 Å². The number of alkyl halides is 3. The third kappa shape index (κ3) is 5.28. The summed E-state index contributed by atoms with van der Waals surface area (Å²) in [4.78, 5) is 58.4. The maximum atomic E-state index is 14.1. The Balaban J connectivity index is 1.12. The third-order valence-corrected chi connectivity index (χ3v) is 13.0. The van der Waals surface area contributed by atoms with Gasteiger partial charge in [0, 0.05) is 26.6 Å². The van der Waals surface area contributed by atoms with E-state index in [0.717, 1.165) is 27.8 Å². The maximum Gasteiger partial charge on any atom is 0.418 e. The van der Waals surface area contributed by atoms with E-state index < -0.39 is 42.0 Å². The molecule has 2 aliphatic heterocycles. The molecule has 2 aliphatic carbocycles. The zero-order chi connectivity index (χ0) is 34.4. The van der Waals surface area contributed by atoms with E-state index >= 15 is 0 Å². The first-order chi connectivity index (χ1) is 23.4. The molecular weight excluding hydrogens is 699 g/mol. The molecule has 252 valence electrons. The van der Waals surface area contributed by atoms with Gasteiger partial charge in [-0.15, -0.1) is 11.8 Å². The summed E-state index contributed by atoms with van der Waals surface area (Å²) < 4.78 is 46.6. The number of H-pyrrole nitrogens is 1. The summed E-state index contributed by atoms with van der Waals surface area (Å²) in [6, 6.07) is 16.9. The van der Waals surface area contributed by atoms with Gasteiger partial charge in [0.2, 0.25) is 11.8 Å². The molecule has 1 saturated heterocycles. The van der Waals surface area contributed by atoms with Crippen molar-refractivity contribution in [2.24, 2.45) is 29.6 Å². The number of aromatic amines is 1. The number of anilines is 2. The first kappa shape index (κ1) is 32.2. The minimum absolute atomic E-state index is 0.0993. The Morgan fingerprint density at radius 3 is 2.47 bits per heavy atom. The van der Waals surface area contributed by atoms with Gasteiger partial charge in [0.05, 0.1) is 33.8 Å². The van der Waals surface area contributed by atoms with Gasteiger partial charge in [0.15, 0.2) is 6.61 Å². The Morgan fingerprint density at radius 2 is 1.73 bits per heavy atom. The molecule has 1 aromatic heterocycles. The van der Waals surface area contributed by atoms with Crippen molar-refractivity contribution >= 4 is 63.8 Å². The molecule has 7 atom stereocenters. The highest BCUT2D eigenvalue weighted by Gasteiger charge is 2.70. The maximum absolute atomic E-state index is 14.1. The van der Waals surface area contributed by atoms with Crippen molar-refractivity contribution in [3.63, 3.8) is 0 Å². The Kier molecular flexibility index (Phi) is 7.72. The zero-order valence-electron chi connectivity index (χ0n) is 25.6. The Hall–Kier alpha value is -4.07. The molecular formula is C35H27ClF3N3O5S2. The van der Waals surface area contributed by atoms with Gasteiger partial charge < -0.3 is 15.0 Å². The number of carbonyl (C=O) groups excluding carboxylic acids is 3. The number of aromatic nitrogens is 1. The van der Waals surface area contributed by atoms with Crippen LogP contribution in [0.15, 0.2) is 76.6 Å². The van der Waals surface area contributed by atoms with Gasteiger partial charge in [-0.05, 0) is 73.6 Å². The SMILES string of the molecule is Cc1ccc(N2C(=O)[C@H]3[C@H]4C[C@@H]([C@@H]3C2=O)[C@@H]2[C@H](c3cc(Cl)ccc3OCC(=O)Nc3ccccc3C(F)(F)F)c3sc(=O)[nH]c3S[C@H]42)cc1. The van der Waals surface area contributed by atoms with Crippen molar-refractivity contribution in [1.82, 2.24) is 4.98 Å². The van der Waals surface area contributed by atoms with Gasteiger partial charge in [0.25, 0.3) is 5.91 Å². The molecule has 49 heavy (non-hydrogen) atoms. The van der Waals surface area contributed by atoms with E-state index in [9.17, 15) is 32.3 Å². The van der Waals surface area contributed by atoms with Gasteiger partial charge in [-0.3, -0.25) is 24.1 Å². The molecule has 3 heterocycles.